The first kappa shape index (κ1) is 25.4. The molecule has 164 valence electrons. The van der Waals surface area contributed by atoms with Crippen LogP contribution in [0.3, 0.4) is 0 Å². The average molecular weight is 501 g/mol. The van der Waals surface area contributed by atoms with Crippen molar-refractivity contribution in [1.29, 1.82) is 0 Å². The van der Waals surface area contributed by atoms with Gasteiger partial charge in [0.15, 0.2) is 0 Å². The molecule has 3 N–H and O–H groups in total. The van der Waals surface area contributed by atoms with Crippen molar-refractivity contribution < 1.29 is 41.0 Å². The van der Waals surface area contributed by atoms with Crippen LogP contribution in [0.4, 0.5) is 26.3 Å². The highest BCUT2D eigenvalue weighted by atomic mass is 79.9. The maximum atomic E-state index is 12.2. The maximum absolute atomic E-state index is 12.2. The predicted octanol–water partition coefficient (Wildman–Crippen LogP) is 4.17. The molecule has 0 fully saturated rings. The molecule has 0 bridgehead atoms. The molecule has 0 saturated heterocycles. The monoisotopic (exact) mass is 500 g/mol. The van der Waals surface area contributed by atoms with E-state index in [-0.39, 0.29) is 16.6 Å². The number of hydrogen-bond donors (Lipinski definition) is 3. The Morgan fingerprint density at radius 3 is 1.33 bits per heavy atom. The van der Waals surface area contributed by atoms with Gasteiger partial charge in [0, 0.05) is 11.1 Å². The smallest absolute Gasteiger partial charge is 0.376 e. The largest absolute Gasteiger partial charge is 0.416 e. The van der Waals surface area contributed by atoms with Crippen LogP contribution in [0, 0.1) is 0 Å². The van der Waals surface area contributed by atoms with Gasteiger partial charge in [-0.3, -0.25) is 9.59 Å². The molecule has 0 radical (unpaired) electrons. The molecule has 2 amide bonds. The summed E-state index contributed by atoms with van der Waals surface area (Å²) < 4.78 is 72.9. The van der Waals surface area contributed by atoms with E-state index >= 15 is 0 Å². The van der Waals surface area contributed by atoms with Gasteiger partial charge in [0.1, 0.15) is 6.73 Å². The van der Waals surface area contributed by atoms with E-state index in [1.165, 1.54) is 0 Å². The minimum absolute atomic E-state index is 0.0667. The normalized spacial score (nSPS) is 11.2. The summed E-state index contributed by atoms with van der Waals surface area (Å²) in [6, 6.07) is 7.76. The summed E-state index contributed by atoms with van der Waals surface area (Å²) in [6.07, 6.45) is -8.78. The van der Waals surface area contributed by atoms with E-state index in [9.17, 15) is 35.9 Å². The van der Waals surface area contributed by atoms with Gasteiger partial charge in [0.2, 0.25) is 0 Å². The van der Waals surface area contributed by atoms with E-state index in [1.807, 2.05) is 0 Å². The lowest BCUT2D eigenvalue weighted by molar-refractivity contribution is -0.138. The molecule has 0 atom stereocenters. The Hall–Kier alpha value is -2.60. The molecule has 0 unspecified atom stereocenters. The first-order valence-corrected chi connectivity index (χ1v) is 9.10. The molecule has 0 aliphatic carbocycles. The third-order valence-electron chi connectivity index (χ3n) is 3.42. The first-order chi connectivity index (χ1) is 13.9. The summed E-state index contributed by atoms with van der Waals surface area (Å²) in [6.45, 7) is -0.556. The van der Waals surface area contributed by atoms with Gasteiger partial charge >= 0.3 is 12.4 Å². The van der Waals surface area contributed by atoms with Crippen LogP contribution >= 0.6 is 15.9 Å². The second-order valence-corrected chi connectivity index (χ2v) is 6.01. The number of carbonyl (C=O) groups excluding carboxylic acids is 2. The van der Waals surface area contributed by atoms with Gasteiger partial charge in [0.05, 0.1) is 16.6 Å². The topological polar surface area (TPSA) is 78.4 Å². The van der Waals surface area contributed by atoms with E-state index < -0.39 is 42.0 Å². The van der Waals surface area contributed by atoms with E-state index in [2.05, 4.69) is 26.6 Å². The fourth-order valence-corrected chi connectivity index (χ4v) is 2.21. The van der Waals surface area contributed by atoms with Crippen molar-refractivity contribution in [2.75, 3.05) is 12.2 Å². The van der Waals surface area contributed by atoms with Crippen LogP contribution in [0.25, 0.3) is 0 Å². The number of nitrogens with one attached hydrogen (secondary N) is 2. The van der Waals surface area contributed by atoms with Crippen molar-refractivity contribution in [3.05, 3.63) is 70.8 Å². The number of aliphatic hydroxyl groups excluding tert-OH is 1. The minimum Gasteiger partial charge on any atom is -0.376 e. The summed E-state index contributed by atoms with van der Waals surface area (Å²) in [7, 11) is 0. The van der Waals surface area contributed by atoms with Gasteiger partial charge in [-0.15, -0.1) is 0 Å². The van der Waals surface area contributed by atoms with Crippen LogP contribution in [0.1, 0.15) is 31.8 Å². The molecule has 0 saturated carbocycles. The van der Waals surface area contributed by atoms with Crippen molar-refractivity contribution in [2.45, 2.75) is 12.4 Å². The van der Waals surface area contributed by atoms with Gasteiger partial charge in [-0.1, -0.05) is 15.9 Å². The second kappa shape index (κ2) is 11.0. The lowest BCUT2D eigenvalue weighted by Crippen LogP contribution is -2.24. The van der Waals surface area contributed by atoms with Crippen molar-refractivity contribution in [3.8, 4) is 0 Å². The molecule has 0 spiro atoms. The van der Waals surface area contributed by atoms with Crippen LogP contribution in [-0.4, -0.2) is 29.1 Å². The lowest BCUT2D eigenvalue weighted by Gasteiger charge is -2.07. The molecular formula is C18H15BrF6N2O3. The Bertz CT molecular complexity index is 765. The maximum Gasteiger partial charge on any atom is 0.416 e. The molecule has 2 rings (SSSR count). The number of benzene rings is 2. The molecule has 12 heteroatoms. The summed E-state index contributed by atoms with van der Waals surface area (Å²) >= 11 is 2.98. The quantitative estimate of drug-likeness (QED) is 0.255. The van der Waals surface area contributed by atoms with E-state index in [0.29, 0.717) is 0 Å². The van der Waals surface area contributed by atoms with Gasteiger partial charge in [-0.2, -0.15) is 26.3 Å². The summed E-state index contributed by atoms with van der Waals surface area (Å²) in [5.74, 6) is -1.04. The predicted molar refractivity (Wildman–Crippen MR) is 98.7 cm³/mol. The molecule has 0 aliphatic heterocycles. The second-order valence-electron chi connectivity index (χ2n) is 5.45. The Balaban J connectivity index is 0.000000300. The highest BCUT2D eigenvalue weighted by Crippen LogP contribution is 2.29. The standard InChI is InChI=1S/C9H7BrF3NO.C9H8F3NO2/c10-5-14-8(15)6-1-3-7(4-2-6)9(11,12)13;10-9(11,12)7-3-1-6(2-4-7)8(15)13-5-14/h1-4H,5H2,(H,14,15);1-4,14H,5H2,(H,13,15). The number of aliphatic hydroxyl groups is 1. The average Bonchev–Trinajstić information content (AvgIpc) is 2.68. The van der Waals surface area contributed by atoms with Crippen molar-refractivity contribution >= 4 is 27.7 Å². The molecular weight excluding hydrogens is 486 g/mol. The van der Waals surface area contributed by atoms with Crippen LogP contribution in [-0.2, 0) is 12.4 Å². The molecule has 30 heavy (non-hydrogen) atoms. The summed E-state index contributed by atoms with van der Waals surface area (Å²) in [4.78, 5) is 22.2. The van der Waals surface area contributed by atoms with Gasteiger partial charge < -0.3 is 15.7 Å². The van der Waals surface area contributed by atoms with E-state index in [0.717, 1.165) is 48.5 Å². The molecule has 2 aromatic rings. The number of amides is 2. The SMILES string of the molecule is O=C(NCBr)c1ccc(C(F)(F)F)cc1.O=C(NCO)c1ccc(C(F)(F)F)cc1. The summed E-state index contributed by atoms with van der Waals surface area (Å²) in [5, 5.41) is 12.8. The third-order valence-corrected chi connectivity index (χ3v) is 3.70. The molecule has 0 heterocycles. The van der Waals surface area contributed by atoms with Crippen molar-refractivity contribution in [3.63, 3.8) is 0 Å². The zero-order valence-electron chi connectivity index (χ0n) is 14.9. The van der Waals surface area contributed by atoms with Crippen molar-refractivity contribution in [1.82, 2.24) is 10.6 Å². The molecule has 0 aliphatic rings. The Labute approximate surface area is 175 Å². The first-order valence-electron chi connectivity index (χ1n) is 7.98. The Kier molecular flexibility index (Phi) is 9.30. The lowest BCUT2D eigenvalue weighted by atomic mass is 10.1. The Morgan fingerprint density at radius 1 is 0.733 bits per heavy atom. The third kappa shape index (κ3) is 8.03. The highest BCUT2D eigenvalue weighted by molar-refractivity contribution is 9.09. The number of rotatable bonds is 4. The summed E-state index contributed by atoms with van der Waals surface area (Å²) in [5.41, 5.74) is -1.06. The minimum atomic E-state index is -4.41. The van der Waals surface area contributed by atoms with Gasteiger partial charge in [-0.05, 0) is 48.5 Å². The number of halogens is 7. The highest BCUT2D eigenvalue weighted by Gasteiger charge is 2.30. The zero-order valence-corrected chi connectivity index (χ0v) is 16.5. The molecule has 2 aromatic carbocycles. The van der Waals surface area contributed by atoms with Crippen LogP contribution in [0.2, 0.25) is 0 Å². The van der Waals surface area contributed by atoms with Crippen LogP contribution in [0.5, 0.6) is 0 Å². The number of alkyl halides is 7. The fraction of sp³-hybridized carbons (Fsp3) is 0.222. The van der Waals surface area contributed by atoms with Gasteiger partial charge in [0.25, 0.3) is 11.8 Å². The van der Waals surface area contributed by atoms with E-state index in [1.54, 1.807) is 0 Å². The zero-order chi connectivity index (χ0) is 22.9. The fourth-order valence-electron chi connectivity index (χ4n) is 1.96. The van der Waals surface area contributed by atoms with Gasteiger partial charge in [-0.25, -0.2) is 0 Å². The molecule has 0 aromatic heterocycles. The number of carbonyl (C=O) groups is 2. The Morgan fingerprint density at radius 2 is 1.07 bits per heavy atom. The van der Waals surface area contributed by atoms with Crippen LogP contribution in [0.15, 0.2) is 48.5 Å². The number of hydrogen-bond acceptors (Lipinski definition) is 3. The van der Waals surface area contributed by atoms with E-state index in [4.69, 9.17) is 5.11 Å². The van der Waals surface area contributed by atoms with Crippen molar-refractivity contribution in [2.24, 2.45) is 0 Å². The van der Waals surface area contributed by atoms with Crippen LogP contribution < -0.4 is 10.6 Å². The molecule has 5 nitrogen and oxygen atoms in total.